The molecule has 0 bridgehead atoms. The van der Waals surface area contributed by atoms with Crippen LogP contribution in [0.25, 0.3) is 32.7 Å². The molecule has 0 amide bonds. The Morgan fingerprint density at radius 3 is 1.57 bits per heavy atom. The van der Waals surface area contributed by atoms with Crippen LogP contribution < -0.4 is 0 Å². The van der Waals surface area contributed by atoms with Crippen molar-refractivity contribution in [2.45, 2.75) is 0 Å². The van der Waals surface area contributed by atoms with Gasteiger partial charge in [-0.3, -0.25) is 0 Å². The highest BCUT2D eigenvalue weighted by atomic mass is 16.3. The predicted octanol–water partition coefficient (Wildman–Crippen LogP) is 4.78. The van der Waals surface area contributed by atoms with E-state index in [0.717, 1.165) is 21.9 Å². The van der Waals surface area contributed by atoms with E-state index in [0.29, 0.717) is 10.8 Å². The van der Waals surface area contributed by atoms with Gasteiger partial charge in [-0.1, -0.05) is 54.6 Å². The molecular formula is C20H14O3. The van der Waals surface area contributed by atoms with E-state index >= 15 is 0 Å². The molecule has 0 aromatic heterocycles. The highest BCUT2D eigenvalue weighted by molar-refractivity contribution is 6.19. The number of aromatic hydroxyl groups is 3. The van der Waals surface area contributed by atoms with Crippen LogP contribution in [0.1, 0.15) is 0 Å². The number of fused-ring (bicyclic) bond motifs is 2. The van der Waals surface area contributed by atoms with E-state index in [1.165, 1.54) is 12.1 Å². The standard InChI is InChI=1S/C20H14O3/c21-15-10-4-8-13-17(12-6-2-1-3-7-12)14-9-5-11-16(22)19(14)20(23)18(13)15/h1-11,21-23H. The molecule has 23 heavy (non-hydrogen) atoms. The summed E-state index contributed by atoms with van der Waals surface area (Å²) in [6, 6.07) is 20.0. The molecule has 3 heteroatoms. The van der Waals surface area contributed by atoms with Gasteiger partial charge in [-0.05, 0) is 34.0 Å². The second-order valence-electron chi connectivity index (χ2n) is 5.49. The summed E-state index contributed by atoms with van der Waals surface area (Å²) in [5.74, 6) is -0.129. The van der Waals surface area contributed by atoms with Gasteiger partial charge in [0, 0.05) is 0 Å². The van der Waals surface area contributed by atoms with Crippen LogP contribution in [0.5, 0.6) is 17.2 Å². The Labute approximate surface area is 132 Å². The zero-order valence-electron chi connectivity index (χ0n) is 12.2. The van der Waals surface area contributed by atoms with Crippen LogP contribution in [0.3, 0.4) is 0 Å². The normalized spacial score (nSPS) is 11.1. The summed E-state index contributed by atoms with van der Waals surface area (Å²) in [7, 11) is 0. The van der Waals surface area contributed by atoms with Crippen molar-refractivity contribution in [2.75, 3.05) is 0 Å². The molecule has 0 saturated carbocycles. The van der Waals surface area contributed by atoms with Gasteiger partial charge in [0.1, 0.15) is 17.2 Å². The second kappa shape index (κ2) is 4.92. The topological polar surface area (TPSA) is 60.7 Å². The highest BCUT2D eigenvalue weighted by Gasteiger charge is 2.18. The van der Waals surface area contributed by atoms with E-state index in [9.17, 15) is 15.3 Å². The van der Waals surface area contributed by atoms with E-state index in [-0.39, 0.29) is 17.2 Å². The van der Waals surface area contributed by atoms with Crippen molar-refractivity contribution >= 4 is 21.5 Å². The van der Waals surface area contributed by atoms with Gasteiger partial charge in [0.25, 0.3) is 0 Å². The lowest BCUT2D eigenvalue weighted by Crippen LogP contribution is -1.87. The third-order valence-corrected chi connectivity index (χ3v) is 4.16. The minimum Gasteiger partial charge on any atom is -0.507 e. The van der Waals surface area contributed by atoms with E-state index in [1.54, 1.807) is 12.1 Å². The molecule has 4 rings (SSSR count). The number of benzene rings is 4. The van der Waals surface area contributed by atoms with Crippen LogP contribution in [-0.4, -0.2) is 15.3 Å². The Hall–Kier alpha value is -3.20. The summed E-state index contributed by atoms with van der Waals surface area (Å²) in [5, 5.41) is 33.3. The fourth-order valence-electron chi connectivity index (χ4n) is 3.18. The number of hydrogen-bond acceptors (Lipinski definition) is 3. The molecule has 4 aromatic rings. The van der Waals surface area contributed by atoms with Gasteiger partial charge in [0.2, 0.25) is 0 Å². The van der Waals surface area contributed by atoms with Crippen molar-refractivity contribution < 1.29 is 15.3 Å². The first kappa shape index (κ1) is 13.5. The Kier molecular flexibility index (Phi) is 2.88. The van der Waals surface area contributed by atoms with Crippen molar-refractivity contribution in [3.05, 3.63) is 66.7 Å². The molecular weight excluding hydrogens is 288 g/mol. The molecule has 3 nitrogen and oxygen atoms in total. The van der Waals surface area contributed by atoms with Crippen LogP contribution in [0.2, 0.25) is 0 Å². The van der Waals surface area contributed by atoms with Crippen molar-refractivity contribution in [1.82, 2.24) is 0 Å². The van der Waals surface area contributed by atoms with Crippen LogP contribution in [0.4, 0.5) is 0 Å². The van der Waals surface area contributed by atoms with Gasteiger partial charge in [0.15, 0.2) is 0 Å². The average molecular weight is 302 g/mol. The van der Waals surface area contributed by atoms with Crippen molar-refractivity contribution in [1.29, 1.82) is 0 Å². The summed E-state index contributed by atoms with van der Waals surface area (Å²) in [6.45, 7) is 0. The first-order chi connectivity index (χ1) is 11.2. The molecule has 0 heterocycles. The highest BCUT2D eigenvalue weighted by Crippen LogP contribution is 2.47. The second-order valence-corrected chi connectivity index (χ2v) is 5.49. The minimum absolute atomic E-state index is 0.0117. The summed E-state index contributed by atoms with van der Waals surface area (Å²) < 4.78 is 0. The number of hydrogen-bond donors (Lipinski definition) is 3. The van der Waals surface area contributed by atoms with Gasteiger partial charge in [-0.25, -0.2) is 0 Å². The van der Waals surface area contributed by atoms with Crippen LogP contribution in [-0.2, 0) is 0 Å². The Morgan fingerprint density at radius 1 is 0.522 bits per heavy atom. The van der Waals surface area contributed by atoms with Crippen molar-refractivity contribution in [2.24, 2.45) is 0 Å². The van der Waals surface area contributed by atoms with Gasteiger partial charge in [0.05, 0.1) is 10.8 Å². The molecule has 0 fully saturated rings. The van der Waals surface area contributed by atoms with E-state index < -0.39 is 0 Å². The Bertz CT molecular complexity index is 974. The summed E-state index contributed by atoms with van der Waals surface area (Å²) in [5.41, 5.74) is 1.83. The lowest BCUT2D eigenvalue weighted by molar-refractivity contribution is 0.460. The molecule has 0 aliphatic heterocycles. The maximum atomic E-state index is 10.6. The van der Waals surface area contributed by atoms with Crippen molar-refractivity contribution in [3.8, 4) is 28.4 Å². The van der Waals surface area contributed by atoms with E-state index in [1.807, 2.05) is 42.5 Å². The van der Waals surface area contributed by atoms with Gasteiger partial charge >= 0.3 is 0 Å². The first-order valence-electron chi connectivity index (χ1n) is 7.32. The lowest BCUT2D eigenvalue weighted by Gasteiger charge is -2.15. The first-order valence-corrected chi connectivity index (χ1v) is 7.32. The maximum Gasteiger partial charge on any atom is 0.138 e. The zero-order valence-corrected chi connectivity index (χ0v) is 12.2. The summed E-state index contributed by atoms with van der Waals surface area (Å²) >= 11 is 0. The van der Waals surface area contributed by atoms with Gasteiger partial charge < -0.3 is 15.3 Å². The van der Waals surface area contributed by atoms with E-state index in [4.69, 9.17) is 0 Å². The molecule has 3 N–H and O–H groups in total. The summed E-state index contributed by atoms with van der Waals surface area (Å²) in [6.07, 6.45) is 0. The van der Waals surface area contributed by atoms with Gasteiger partial charge in [-0.2, -0.15) is 0 Å². The smallest absolute Gasteiger partial charge is 0.138 e. The molecule has 0 spiro atoms. The molecule has 0 atom stereocenters. The Balaban J connectivity index is 2.33. The lowest BCUT2D eigenvalue weighted by atomic mass is 9.90. The zero-order chi connectivity index (χ0) is 16.0. The largest absolute Gasteiger partial charge is 0.507 e. The minimum atomic E-state index is -0.106. The number of phenolic OH excluding ortho intramolecular Hbond substituents is 3. The molecule has 0 unspecified atom stereocenters. The molecule has 4 aromatic carbocycles. The molecule has 112 valence electrons. The van der Waals surface area contributed by atoms with E-state index in [2.05, 4.69) is 0 Å². The van der Waals surface area contributed by atoms with Gasteiger partial charge in [-0.15, -0.1) is 0 Å². The quantitative estimate of drug-likeness (QED) is 0.444. The van der Waals surface area contributed by atoms with Crippen LogP contribution >= 0.6 is 0 Å². The Morgan fingerprint density at radius 2 is 1.04 bits per heavy atom. The predicted molar refractivity (Wildman–Crippen MR) is 91.9 cm³/mol. The molecule has 0 aliphatic rings. The summed E-state index contributed by atoms with van der Waals surface area (Å²) in [4.78, 5) is 0. The van der Waals surface area contributed by atoms with Crippen LogP contribution in [0, 0.1) is 0 Å². The third-order valence-electron chi connectivity index (χ3n) is 4.16. The SMILES string of the molecule is Oc1cccc2c(-c3ccccc3)c3cccc(O)c3c(O)c12. The monoisotopic (exact) mass is 302 g/mol. The maximum absolute atomic E-state index is 10.6. The van der Waals surface area contributed by atoms with Crippen LogP contribution in [0.15, 0.2) is 66.7 Å². The fraction of sp³-hybridized carbons (Fsp3) is 0. The number of rotatable bonds is 1. The molecule has 0 saturated heterocycles. The van der Waals surface area contributed by atoms with Crippen molar-refractivity contribution in [3.63, 3.8) is 0 Å². The average Bonchev–Trinajstić information content (AvgIpc) is 2.56. The molecule has 0 aliphatic carbocycles. The fourth-order valence-corrected chi connectivity index (χ4v) is 3.18. The molecule has 0 radical (unpaired) electrons. The number of phenols is 3. The third kappa shape index (κ3) is 1.90.